The van der Waals surface area contributed by atoms with Crippen molar-refractivity contribution in [3.05, 3.63) is 57.5 Å². The smallest absolute Gasteiger partial charge is 0.198 e. The van der Waals surface area contributed by atoms with Crippen LogP contribution < -0.4 is 0 Å². The molecule has 1 aromatic heterocycles. The number of aryl methyl sites for hydroxylation is 1. The Morgan fingerprint density at radius 2 is 1.67 bits per heavy atom. The van der Waals surface area contributed by atoms with E-state index in [1.54, 1.807) is 39.8 Å². The number of ether oxygens (including phenoxy) is 1. The second-order valence-corrected chi connectivity index (χ2v) is 8.42. The summed E-state index contributed by atoms with van der Waals surface area (Å²) < 4.78 is 5.82. The normalized spacial score (nSPS) is 18.7. The number of carbonyl (C=O) groups excluding carboxylic acids is 1. The minimum atomic E-state index is -1.05. The molecule has 0 radical (unpaired) electrons. The third kappa shape index (κ3) is 3.49. The van der Waals surface area contributed by atoms with Crippen LogP contribution in [0.5, 0.6) is 0 Å². The predicted molar refractivity (Wildman–Crippen MR) is 108 cm³/mol. The number of Topliss-reactive ketones (excluding diaryl/α,β-unsaturated/α-hetero) is 1. The maximum absolute atomic E-state index is 13.1. The van der Waals surface area contributed by atoms with Gasteiger partial charge in [-0.15, -0.1) is 0 Å². The first kappa shape index (κ1) is 19.9. The highest BCUT2D eigenvalue weighted by Crippen LogP contribution is 2.41. The first-order valence-electron chi connectivity index (χ1n) is 8.56. The van der Waals surface area contributed by atoms with Crippen LogP contribution in [-0.2, 0) is 9.53 Å². The van der Waals surface area contributed by atoms with Gasteiger partial charge in [0.2, 0.25) is 0 Å². The predicted octanol–water partition coefficient (Wildman–Crippen LogP) is 5.79. The number of carbonyl (C=O) groups is 1. The van der Waals surface area contributed by atoms with Gasteiger partial charge in [0, 0.05) is 5.56 Å². The van der Waals surface area contributed by atoms with E-state index in [2.05, 4.69) is 4.98 Å². The fraction of sp³-hybridized carbons (Fsp3) is 0.333. The number of aromatic nitrogens is 1. The highest BCUT2D eigenvalue weighted by atomic mass is 35.5. The zero-order chi connectivity index (χ0) is 20.1. The minimum absolute atomic E-state index is 0.0765. The van der Waals surface area contributed by atoms with Crippen LogP contribution in [0.3, 0.4) is 0 Å². The molecule has 0 atom stereocenters. The lowest BCUT2D eigenvalue weighted by Crippen LogP contribution is -2.49. The molecule has 0 fully saturated rings. The summed E-state index contributed by atoms with van der Waals surface area (Å²) in [6.45, 7) is 8.81. The molecule has 1 aliphatic rings. The summed E-state index contributed by atoms with van der Waals surface area (Å²) in [4.78, 5) is 17.1. The second-order valence-electron chi connectivity index (χ2n) is 7.68. The molecule has 142 valence electrons. The lowest BCUT2D eigenvalue weighted by atomic mass is 9.81. The molecular formula is C21H21Cl2NO3. The molecule has 2 heterocycles. The van der Waals surface area contributed by atoms with Gasteiger partial charge in [-0.3, -0.25) is 4.79 Å². The lowest BCUT2D eigenvalue weighted by molar-refractivity contribution is -0.158. The topological polar surface area (TPSA) is 59.4 Å². The summed E-state index contributed by atoms with van der Waals surface area (Å²) in [5.74, 6) is -0.340. The molecule has 0 spiro atoms. The number of hydrogen-bond acceptors (Lipinski definition) is 4. The van der Waals surface area contributed by atoms with Crippen molar-refractivity contribution < 1.29 is 14.6 Å². The molecule has 0 saturated heterocycles. The number of halogens is 2. The van der Waals surface area contributed by atoms with Gasteiger partial charge in [-0.25, -0.2) is 4.98 Å². The average molecular weight is 406 g/mol. The molecule has 0 unspecified atom stereocenters. The molecule has 1 aromatic carbocycles. The van der Waals surface area contributed by atoms with Crippen LogP contribution >= 0.6 is 23.2 Å². The van der Waals surface area contributed by atoms with E-state index in [4.69, 9.17) is 27.9 Å². The SMILES string of the molecule is Cc1ccc(-c2ccc(Cl)nc2Cl)cc1C1=C(O)C(C)(C)OC(C)(C)C1=O. The van der Waals surface area contributed by atoms with E-state index in [1.807, 2.05) is 25.1 Å². The van der Waals surface area contributed by atoms with Gasteiger partial charge < -0.3 is 9.84 Å². The highest BCUT2D eigenvalue weighted by molar-refractivity contribution is 6.34. The van der Waals surface area contributed by atoms with Gasteiger partial charge in [0.05, 0.1) is 5.57 Å². The molecule has 1 aliphatic heterocycles. The first-order chi connectivity index (χ1) is 12.4. The molecule has 4 nitrogen and oxygen atoms in total. The van der Waals surface area contributed by atoms with Crippen LogP contribution in [0.1, 0.15) is 38.8 Å². The standard InChI is InChI=1S/C21H21Cl2NO3/c1-11-6-7-12(13-8-9-15(22)24-19(13)23)10-14(11)16-17(25)20(2,3)27-21(4,5)18(16)26/h6-10,25H,1-5H3. The quantitative estimate of drug-likeness (QED) is 0.642. The van der Waals surface area contributed by atoms with Gasteiger partial charge in [-0.1, -0.05) is 35.3 Å². The molecule has 0 aliphatic carbocycles. The molecule has 1 N–H and O–H groups in total. The van der Waals surface area contributed by atoms with E-state index in [0.717, 1.165) is 11.1 Å². The van der Waals surface area contributed by atoms with Gasteiger partial charge in [0.15, 0.2) is 5.78 Å². The molecule has 0 bridgehead atoms. The molecule has 27 heavy (non-hydrogen) atoms. The number of ketones is 1. The van der Waals surface area contributed by atoms with Crippen molar-refractivity contribution in [1.29, 1.82) is 0 Å². The van der Waals surface area contributed by atoms with Crippen molar-refractivity contribution in [3.63, 3.8) is 0 Å². The first-order valence-corrected chi connectivity index (χ1v) is 9.32. The average Bonchev–Trinajstić information content (AvgIpc) is 2.55. The minimum Gasteiger partial charge on any atom is -0.508 e. The van der Waals surface area contributed by atoms with E-state index in [1.165, 1.54) is 0 Å². The van der Waals surface area contributed by atoms with E-state index < -0.39 is 11.2 Å². The van der Waals surface area contributed by atoms with E-state index >= 15 is 0 Å². The fourth-order valence-corrected chi connectivity index (χ4v) is 3.83. The summed E-state index contributed by atoms with van der Waals surface area (Å²) in [7, 11) is 0. The van der Waals surface area contributed by atoms with Crippen molar-refractivity contribution in [3.8, 4) is 11.1 Å². The van der Waals surface area contributed by atoms with Crippen molar-refractivity contribution >= 4 is 34.6 Å². The third-order valence-electron chi connectivity index (χ3n) is 4.72. The Labute approximate surface area is 168 Å². The Hall–Kier alpha value is -1.88. The Morgan fingerprint density at radius 3 is 2.30 bits per heavy atom. The van der Waals surface area contributed by atoms with Crippen LogP contribution in [-0.4, -0.2) is 27.1 Å². The van der Waals surface area contributed by atoms with Gasteiger partial charge in [0.1, 0.15) is 27.3 Å². The molecule has 0 saturated carbocycles. The summed E-state index contributed by atoms with van der Waals surface area (Å²) in [6, 6.07) is 9.06. The Kier molecular flexibility index (Phi) is 4.87. The number of aliphatic hydroxyl groups is 1. The maximum atomic E-state index is 13.1. The van der Waals surface area contributed by atoms with Crippen molar-refractivity contribution in [2.45, 2.75) is 45.8 Å². The number of pyridine rings is 1. The lowest BCUT2D eigenvalue weighted by Gasteiger charge is -2.40. The molecule has 6 heteroatoms. The number of hydrogen-bond donors (Lipinski definition) is 1. The second kappa shape index (κ2) is 6.62. The number of rotatable bonds is 2. The molecular weight excluding hydrogens is 385 g/mol. The van der Waals surface area contributed by atoms with E-state index in [0.29, 0.717) is 16.3 Å². The number of aliphatic hydroxyl groups excluding tert-OH is 1. The van der Waals surface area contributed by atoms with Crippen LogP contribution in [0.4, 0.5) is 0 Å². The Bertz CT molecular complexity index is 977. The third-order valence-corrected chi connectivity index (χ3v) is 5.22. The van der Waals surface area contributed by atoms with Crippen LogP contribution in [0, 0.1) is 6.92 Å². The van der Waals surface area contributed by atoms with Crippen LogP contribution in [0.2, 0.25) is 10.3 Å². The fourth-order valence-electron chi connectivity index (χ4n) is 3.38. The van der Waals surface area contributed by atoms with Crippen molar-refractivity contribution in [2.24, 2.45) is 0 Å². The zero-order valence-electron chi connectivity index (χ0n) is 15.9. The molecule has 0 amide bonds. The van der Waals surface area contributed by atoms with Crippen LogP contribution in [0.15, 0.2) is 36.1 Å². The van der Waals surface area contributed by atoms with Gasteiger partial charge >= 0.3 is 0 Å². The monoisotopic (exact) mass is 405 g/mol. The van der Waals surface area contributed by atoms with E-state index in [-0.39, 0.29) is 22.3 Å². The maximum Gasteiger partial charge on any atom is 0.198 e. The summed E-state index contributed by atoms with van der Waals surface area (Å²) >= 11 is 12.1. The van der Waals surface area contributed by atoms with Crippen molar-refractivity contribution in [1.82, 2.24) is 4.98 Å². The summed E-state index contributed by atoms with van der Waals surface area (Å²) in [6.07, 6.45) is 0. The number of nitrogens with zero attached hydrogens (tertiary/aromatic N) is 1. The van der Waals surface area contributed by atoms with Gasteiger partial charge in [-0.2, -0.15) is 0 Å². The molecule has 3 rings (SSSR count). The Morgan fingerprint density at radius 1 is 1.00 bits per heavy atom. The highest BCUT2D eigenvalue weighted by Gasteiger charge is 2.47. The zero-order valence-corrected chi connectivity index (χ0v) is 17.4. The molecule has 2 aromatic rings. The Balaban J connectivity index is 2.24. The van der Waals surface area contributed by atoms with Gasteiger partial charge in [-0.05, 0) is 69.5 Å². The number of benzene rings is 1. The summed E-state index contributed by atoms with van der Waals surface area (Å²) in [5, 5.41) is 11.4. The van der Waals surface area contributed by atoms with Crippen LogP contribution in [0.25, 0.3) is 16.7 Å². The van der Waals surface area contributed by atoms with Gasteiger partial charge in [0.25, 0.3) is 0 Å². The largest absolute Gasteiger partial charge is 0.508 e. The van der Waals surface area contributed by atoms with E-state index in [9.17, 15) is 9.90 Å². The van der Waals surface area contributed by atoms with Crippen molar-refractivity contribution in [2.75, 3.05) is 0 Å². The summed E-state index contributed by atoms with van der Waals surface area (Å²) in [5.41, 5.74) is 1.22.